The summed E-state index contributed by atoms with van der Waals surface area (Å²) in [6.45, 7) is 0. The first-order valence-corrected chi connectivity index (χ1v) is 4.13. The van der Waals surface area contributed by atoms with Crippen LogP contribution in [0.3, 0.4) is 0 Å². The van der Waals surface area contributed by atoms with Crippen LogP contribution >= 0.6 is 12.2 Å². The molecule has 1 rings (SSSR count). The number of anilines is 1. The Labute approximate surface area is 81.5 Å². The van der Waals surface area contributed by atoms with Crippen molar-refractivity contribution in [3.63, 3.8) is 0 Å². The van der Waals surface area contributed by atoms with Crippen LogP contribution in [0.15, 0.2) is 24.3 Å². The van der Waals surface area contributed by atoms with Crippen LogP contribution in [0.25, 0.3) is 0 Å². The molecule has 0 radical (unpaired) electrons. The second-order valence-electron chi connectivity index (χ2n) is 2.56. The molecule has 0 fully saturated rings. The first-order chi connectivity index (χ1) is 6.15. The number of methoxy groups -OCH3 is 1. The second-order valence-corrected chi connectivity index (χ2v) is 2.96. The highest BCUT2D eigenvalue weighted by molar-refractivity contribution is 7.80. The molecule has 0 saturated heterocycles. The average Bonchev–Trinajstić information content (AvgIpc) is 2.15. The van der Waals surface area contributed by atoms with Crippen LogP contribution in [-0.4, -0.2) is 12.2 Å². The van der Waals surface area contributed by atoms with Gasteiger partial charge < -0.3 is 10.5 Å². The van der Waals surface area contributed by atoms with Gasteiger partial charge in [0.1, 0.15) is 0 Å². The first kappa shape index (κ1) is 9.92. The van der Waals surface area contributed by atoms with Crippen molar-refractivity contribution in [2.75, 3.05) is 12.8 Å². The summed E-state index contributed by atoms with van der Waals surface area (Å²) in [5.74, 6) is 0. The SMILES string of the molecule is COC(=S)C(F)c1cccc(N)c1. The van der Waals surface area contributed by atoms with Gasteiger partial charge in [-0.05, 0) is 29.9 Å². The Hall–Kier alpha value is -1.16. The minimum atomic E-state index is -1.39. The first-order valence-electron chi connectivity index (χ1n) is 3.72. The highest BCUT2D eigenvalue weighted by Gasteiger charge is 2.15. The van der Waals surface area contributed by atoms with Gasteiger partial charge in [0.25, 0.3) is 0 Å². The molecule has 1 aromatic carbocycles. The van der Waals surface area contributed by atoms with E-state index in [0.29, 0.717) is 11.3 Å². The quantitative estimate of drug-likeness (QED) is 0.586. The summed E-state index contributed by atoms with van der Waals surface area (Å²) in [5, 5.41) is -0.0781. The van der Waals surface area contributed by atoms with Gasteiger partial charge in [-0.3, -0.25) is 0 Å². The number of halogens is 1. The van der Waals surface area contributed by atoms with Crippen LogP contribution in [-0.2, 0) is 4.74 Å². The number of nitrogen functional groups attached to an aromatic ring is 1. The fraction of sp³-hybridized carbons (Fsp3) is 0.222. The number of thiocarbonyl (C=S) groups is 1. The van der Waals surface area contributed by atoms with Gasteiger partial charge in [0.15, 0.2) is 11.2 Å². The van der Waals surface area contributed by atoms with Crippen molar-refractivity contribution in [1.82, 2.24) is 0 Å². The van der Waals surface area contributed by atoms with Crippen LogP contribution in [0.5, 0.6) is 0 Å². The zero-order chi connectivity index (χ0) is 9.84. The number of rotatable bonds is 2. The van der Waals surface area contributed by atoms with E-state index in [-0.39, 0.29) is 5.05 Å². The van der Waals surface area contributed by atoms with Crippen molar-refractivity contribution in [2.24, 2.45) is 0 Å². The van der Waals surface area contributed by atoms with Crippen molar-refractivity contribution < 1.29 is 9.13 Å². The Morgan fingerprint density at radius 3 is 2.85 bits per heavy atom. The third-order valence-electron chi connectivity index (χ3n) is 1.61. The lowest BCUT2D eigenvalue weighted by Gasteiger charge is -2.08. The number of ether oxygens (including phenoxy) is 1. The highest BCUT2D eigenvalue weighted by atomic mass is 32.1. The molecule has 1 atom stereocenters. The van der Waals surface area contributed by atoms with E-state index in [2.05, 4.69) is 17.0 Å². The summed E-state index contributed by atoms with van der Waals surface area (Å²) in [5.41, 5.74) is 6.42. The van der Waals surface area contributed by atoms with Gasteiger partial charge in [0, 0.05) is 5.69 Å². The lowest BCUT2D eigenvalue weighted by molar-refractivity contribution is 0.331. The molecule has 0 aliphatic rings. The van der Waals surface area contributed by atoms with Gasteiger partial charge in [0.05, 0.1) is 7.11 Å². The smallest absolute Gasteiger partial charge is 0.198 e. The molecule has 0 bridgehead atoms. The van der Waals surface area contributed by atoms with E-state index in [4.69, 9.17) is 5.73 Å². The van der Waals surface area contributed by atoms with Crippen molar-refractivity contribution in [2.45, 2.75) is 6.17 Å². The fourth-order valence-corrected chi connectivity index (χ4v) is 1.09. The molecule has 2 nitrogen and oxygen atoms in total. The minimum Gasteiger partial charge on any atom is -0.487 e. The van der Waals surface area contributed by atoms with E-state index < -0.39 is 6.17 Å². The van der Waals surface area contributed by atoms with Crippen LogP contribution in [0.2, 0.25) is 0 Å². The van der Waals surface area contributed by atoms with Gasteiger partial charge >= 0.3 is 0 Å². The number of benzene rings is 1. The van der Waals surface area contributed by atoms with Crippen molar-refractivity contribution in [3.05, 3.63) is 29.8 Å². The predicted molar refractivity (Wildman–Crippen MR) is 54.3 cm³/mol. The number of hydrogen-bond acceptors (Lipinski definition) is 3. The number of hydrogen-bond donors (Lipinski definition) is 1. The molecule has 4 heteroatoms. The Bertz CT molecular complexity index is 316. The largest absolute Gasteiger partial charge is 0.487 e. The molecule has 70 valence electrons. The van der Waals surface area contributed by atoms with Crippen molar-refractivity contribution >= 4 is 23.0 Å². The fourth-order valence-electron chi connectivity index (χ4n) is 0.956. The summed E-state index contributed by atoms with van der Waals surface area (Å²) < 4.78 is 18.0. The zero-order valence-corrected chi connectivity index (χ0v) is 7.98. The summed E-state index contributed by atoms with van der Waals surface area (Å²) in [7, 11) is 1.35. The van der Waals surface area contributed by atoms with E-state index in [0.717, 1.165) is 0 Å². The van der Waals surface area contributed by atoms with Crippen LogP contribution in [0, 0.1) is 0 Å². The summed E-state index contributed by atoms with van der Waals surface area (Å²) >= 11 is 4.67. The third kappa shape index (κ3) is 2.39. The van der Waals surface area contributed by atoms with Crippen molar-refractivity contribution in [3.8, 4) is 0 Å². The summed E-state index contributed by atoms with van der Waals surface area (Å²) in [6.07, 6.45) is -1.39. The minimum absolute atomic E-state index is 0.0781. The molecule has 0 aromatic heterocycles. The average molecular weight is 199 g/mol. The van der Waals surface area contributed by atoms with Gasteiger partial charge in [-0.25, -0.2) is 4.39 Å². The van der Waals surface area contributed by atoms with Crippen LogP contribution in [0.4, 0.5) is 10.1 Å². The normalized spacial score (nSPS) is 12.2. The monoisotopic (exact) mass is 199 g/mol. The molecular weight excluding hydrogens is 189 g/mol. The molecule has 1 aromatic rings. The van der Waals surface area contributed by atoms with Gasteiger partial charge in [0.2, 0.25) is 0 Å². The van der Waals surface area contributed by atoms with E-state index >= 15 is 0 Å². The van der Waals surface area contributed by atoms with Crippen molar-refractivity contribution in [1.29, 1.82) is 0 Å². The van der Waals surface area contributed by atoms with E-state index in [1.807, 2.05) is 0 Å². The number of alkyl halides is 1. The molecule has 0 saturated carbocycles. The Morgan fingerprint density at radius 2 is 2.31 bits per heavy atom. The van der Waals surface area contributed by atoms with Gasteiger partial charge in [-0.1, -0.05) is 12.1 Å². The lowest BCUT2D eigenvalue weighted by Crippen LogP contribution is -2.07. The van der Waals surface area contributed by atoms with E-state index in [9.17, 15) is 4.39 Å². The van der Waals surface area contributed by atoms with Gasteiger partial charge in [-0.2, -0.15) is 0 Å². The molecular formula is C9H10FNOS. The molecule has 2 N–H and O–H groups in total. The van der Waals surface area contributed by atoms with E-state index in [1.165, 1.54) is 13.2 Å². The Morgan fingerprint density at radius 1 is 1.62 bits per heavy atom. The standard InChI is InChI=1S/C9H10FNOS/c1-12-9(13)8(10)6-3-2-4-7(11)5-6/h2-5,8H,11H2,1H3. The predicted octanol–water partition coefficient (Wildman–Crippen LogP) is 2.25. The molecule has 0 aliphatic carbocycles. The lowest BCUT2D eigenvalue weighted by atomic mass is 10.1. The maximum atomic E-state index is 13.4. The maximum Gasteiger partial charge on any atom is 0.198 e. The van der Waals surface area contributed by atoms with Crippen LogP contribution in [0.1, 0.15) is 11.7 Å². The summed E-state index contributed by atoms with van der Waals surface area (Å²) in [4.78, 5) is 0. The summed E-state index contributed by atoms with van der Waals surface area (Å²) in [6, 6.07) is 6.52. The Kier molecular flexibility index (Phi) is 3.19. The molecule has 1 unspecified atom stereocenters. The van der Waals surface area contributed by atoms with Crippen LogP contribution < -0.4 is 5.73 Å². The maximum absolute atomic E-state index is 13.4. The molecule has 0 aliphatic heterocycles. The number of nitrogens with two attached hydrogens (primary N) is 1. The Balaban J connectivity index is 2.88. The topological polar surface area (TPSA) is 35.2 Å². The molecule has 13 heavy (non-hydrogen) atoms. The van der Waals surface area contributed by atoms with Gasteiger partial charge in [-0.15, -0.1) is 0 Å². The molecule has 0 heterocycles. The highest BCUT2D eigenvalue weighted by Crippen LogP contribution is 2.21. The second kappa shape index (κ2) is 4.18. The zero-order valence-electron chi connectivity index (χ0n) is 7.16. The molecule has 0 spiro atoms. The third-order valence-corrected chi connectivity index (χ3v) is 1.99. The van der Waals surface area contributed by atoms with E-state index in [1.54, 1.807) is 18.2 Å². The molecule has 0 amide bonds.